The van der Waals surface area contributed by atoms with Gasteiger partial charge in [-0.1, -0.05) is 26.0 Å². The molecule has 2 N–H and O–H groups in total. The van der Waals surface area contributed by atoms with Gasteiger partial charge in [0, 0.05) is 25.2 Å². The Morgan fingerprint density at radius 3 is 2.47 bits per heavy atom. The predicted octanol–water partition coefficient (Wildman–Crippen LogP) is 2.53. The molecule has 108 valence electrons. The van der Waals surface area contributed by atoms with Gasteiger partial charge in [0.1, 0.15) is 5.82 Å². The molecule has 4 heteroatoms. The van der Waals surface area contributed by atoms with E-state index >= 15 is 0 Å². The summed E-state index contributed by atoms with van der Waals surface area (Å²) in [5.41, 5.74) is 1.52. The van der Waals surface area contributed by atoms with Crippen LogP contribution in [-0.2, 0) is 6.54 Å². The van der Waals surface area contributed by atoms with Crippen molar-refractivity contribution in [1.82, 2.24) is 5.32 Å². The second-order valence-electron chi connectivity index (χ2n) is 5.29. The number of rotatable bonds is 7. The van der Waals surface area contributed by atoms with Crippen LogP contribution in [0.4, 0.5) is 10.1 Å². The van der Waals surface area contributed by atoms with E-state index in [1.165, 1.54) is 6.07 Å². The lowest BCUT2D eigenvalue weighted by molar-refractivity contribution is 0.298. The third-order valence-corrected chi connectivity index (χ3v) is 3.02. The average Bonchev–Trinajstić information content (AvgIpc) is 2.34. The minimum absolute atomic E-state index is 0.0174. The third-order valence-electron chi connectivity index (χ3n) is 3.02. The molecular formula is C15H25FN2O. The van der Waals surface area contributed by atoms with Crippen molar-refractivity contribution in [3.05, 3.63) is 29.6 Å². The van der Waals surface area contributed by atoms with Crippen molar-refractivity contribution in [3.8, 4) is 0 Å². The van der Waals surface area contributed by atoms with Gasteiger partial charge in [-0.05, 0) is 25.5 Å². The quantitative estimate of drug-likeness (QED) is 0.797. The largest absolute Gasteiger partial charge is 0.395 e. The van der Waals surface area contributed by atoms with Crippen molar-refractivity contribution in [3.63, 3.8) is 0 Å². The Kier molecular flexibility index (Phi) is 6.25. The van der Waals surface area contributed by atoms with Crippen LogP contribution in [0.15, 0.2) is 18.2 Å². The lowest BCUT2D eigenvalue weighted by Gasteiger charge is -2.31. The molecule has 0 aliphatic carbocycles. The van der Waals surface area contributed by atoms with Gasteiger partial charge in [0.15, 0.2) is 0 Å². The minimum atomic E-state index is -0.231. The summed E-state index contributed by atoms with van der Waals surface area (Å²) in [6.45, 7) is 9.21. The van der Waals surface area contributed by atoms with Gasteiger partial charge in [-0.25, -0.2) is 4.39 Å². The van der Waals surface area contributed by atoms with Gasteiger partial charge in [0.2, 0.25) is 0 Å². The fourth-order valence-electron chi connectivity index (χ4n) is 2.07. The minimum Gasteiger partial charge on any atom is -0.395 e. The first-order valence-electron chi connectivity index (χ1n) is 6.85. The van der Waals surface area contributed by atoms with Crippen LogP contribution in [0.5, 0.6) is 0 Å². The fourth-order valence-corrected chi connectivity index (χ4v) is 2.07. The van der Waals surface area contributed by atoms with Gasteiger partial charge in [-0.15, -0.1) is 0 Å². The number of halogens is 1. The van der Waals surface area contributed by atoms with Crippen LogP contribution in [0, 0.1) is 5.82 Å². The number of anilines is 1. The third kappa shape index (κ3) is 4.48. The smallest absolute Gasteiger partial charge is 0.146 e. The van der Waals surface area contributed by atoms with E-state index in [-0.39, 0.29) is 18.5 Å². The molecule has 1 aromatic carbocycles. The predicted molar refractivity (Wildman–Crippen MR) is 77.9 cm³/mol. The van der Waals surface area contributed by atoms with Crippen LogP contribution < -0.4 is 10.2 Å². The van der Waals surface area contributed by atoms with Crippen LogP contribution in [0.25, 0.3) is 0 Å². The second kappa shape index (κ2) is 7.46. The molecule has 0 fully saturated rings. The molecule has 0 unspecified atom stereocenters. The van der Waals surface area contributed by atoms with Crippen LogP contribution in [-0.4, -0.2) is 30.3 Å². The maximum absolute atomic E-state index is 14.2. The lowest BCUT2D eigenvalue weighted by Crippen LogP contribution is -2.35. The van der Waals surface area contributed by atoms with Crippen molar-refractivity contribution in [2.45, 2.75) is 46.3 Å². The lowest BCUT2D eigenvalue weighted by atomic mass is 10.1. The van der Waals surface area contributed by atoms with E-state index in [0.717, 1.165) is 5.56 Å². The molecule has 0 heterocycles. The van der Waals surface area contributed by atoms with Gasteiger partial charge in [0.25, 0.3) is 0 Å². The summed E-state index contributed by atoms with van der Waals surface area (Å²) in [7, 11) is 0. The van der Waals surface area contributed by atoms with Crippen molar-refractivity contribution in [2.75, 3.05) is 18.1 Å². The van der Waals surface area contributed by atoms with E-state index < -0.39 is 0 Å². The van der Waals surface area contributed by atoms with E-state index in [2.05, 4.69) is 19.2 Å². The number of hydrogen-bond donors (Lipinski definition) is 2. The number of aliphatic hydroxyl groups excluding tert-OH is 1. The number of nitrogens with one attached hydrogen (secondary N) is 1. The van der Waals surface area contributed by atoms with Crippen LogP contribution in [0.3, 0.4) is 0 Å². The Bertz CT molecular complexity index is 394. The second-order valence-corrected chi connectivity index (χ2v) is 5.29. The summed E-state index contributed by atoms with van der Waals surface area (Å²) in [4.78, 5) is 1.91. The van der Waals surface area contributed by atoms with E-state index in [4.69, 9.17) is 5.11 Å². The molecule has 0 aliphatic rings. The van der Waals surface area contributed by atoms with Crippen molar-refractivity contribution >= 4 is 5.69 Å². The summed E-state index contributed by atoms with van der Waals surface area (Å²) in [5, 5.41) is 12.5. The topological polar surface area (TPSA) is 35.5 Å². The van der Waals surface area contributed by atoms with Gasteiger partial charge in [-0.3, -0.25) is 0 Å². The van der Waals surface area contributed by atoms with Crippen molar-refractivity contribution < 1.29 is 9.50 Å². The first kappa shape index (κ1) is 15.9. The highest BCUT2D eigenvalue weighted by molar-refractivity contribution is 5.55. The first-order valence-corrected chi connectivity index (χ1v) is 6.85. The Morgan fingerprint density at radius 2 is 1.95 bits per heavy atom. The molecule has 0 amide bonds. The molecule has 19 heavy (non-hydrogen) atoms. The molecule has 1 rings (SSSR count). The summed E-state index contributed by atoms with van der Waals surface area (Å²) in [6.07, 6.45) is 0. The Balaban J connectivity index is 3.07. The molecule has 0 spiro atoms. The number of para-hydroxylation sites is 1. The first-order chi connectivity index (χ1) is 8.97. The average molecular weight is 268 g/mol. The number of benzene rings is 1. The van der Waals surface area contributed by atoms with Crippen molar-refractivity contribution in [2.24, 2.45) is 0 Å². The van der Waals surface area contributed by atoms with E-state index in [9.17, 15) is 4.39 Å². The number of aliphatic hydroxyl groups is 1. The van der Waals surface area contributed by atoms with Crippen LogP contribution >= 0.6 is 0 Å². The fraction of sp³-hybridized carbons (Fsp3) is 0.600. The molecule has 0 atom stereocenters. The molecular weight excluding hydrogens is 243 g/mol. The normalized spacial score (nSPS) is 11.4. The maximum atomic E-state index is 14.2. The van der Waals surface area contributed by atoms with Gasteiger partial charge < -0.3 is 15.3 Å². The molecule has 0 saturated heterocycles. The SMILES string of the molecule is CC(C)NCc1cccc(F)c1N(CCO)C(C)C. The number of nitrogens with zero attached hydrogens (tertiary/aromatic N) is 1. The summed E-state index contributed by atoms with van der Waals surface area (Å²) in [5.74, 6) is -0.231. The van der Waals surface area contributed by atoms with E-state index in [1.54, 1.807) is 6.07 Å². The van der Waals surface area contributed by atoms with Gasteiger partial charge in [0.05, 0.1) is 12.3 Å². The molecule has 0 saturated carbocycles. The zero-order valence-electron chi connectivity index (χ0n) is 12.3. The molecule has 0 radical (unpaired) electrons. The zero-order chi connectivity index (χ0) is 14.4. The summed E-state index contributed by atoms with van der Waals surface area (Å²) < 4.78 is 14.2. The molecule has 0 bridgehead atoms. The zero-order valence-corrected chi connectivity index (χ0v) is 12.3. The van der Waals surface area contributed by atoms with Crippen LogP contribution in [0.1, 0.15) is 33.3 Å². The molecule has 1 aromatic rings. The Morgan fingerprint density at radius 1 is 1.26 bits per heavy atom. The Labute approximate surface area is 115 Å². The summed E-state index contributed by atoms with van der Waals surface area (Å²) >= 11 is 0. The maximum Gasteiger partial charge on any atom is 0.146 e. The number of hydrogen-bond acceptors (Lipinski definition) is 3. The standard InChI is InChI=1S/C15H25FN2O/c1-11(2)17-10-13-6-5-7-14(16)15(13)18(8-9-19)12(3)4/h5-7,11-12,17,19H,8-10H2,1-4H3. The molecule has 0 aromatic heterocycles. The summed E-state index contributed by atoms with van der Waals surface area (Å²) in [6, 6.07) is 5.62. The van der Waals surface area contributed by atoms with Crippen molar-refractivity contribution in [1.29, 1.82) is 0 Å². The molecule has 0 aliphatic heterocycles. The van der Waals surface area contributed by atoms with Gasteiger partial charge in [-0.2, -0.15) is 0 Å². The molecule has 3 nitrogen and oxygen atoms in total. The highest BCUT2D eigenvalue weighted by atomic mass is 19.1. The van der Waals surface area contributed by atoms with Gasteiger partial charge >= 0.3 is 0 Å². The Hall–Kier alpha value is -1.13. The monoisotopic (exact) mass is 268 g/mol. The highest BCUT2D eigenvalue weighted by Gasteiger charge is 2.18. The van der Waals surface area contributed by atoms with Crippen LogP contribution in [0.2, 0.25) is 0 Å². The van der Waals surface area contributed by atoms with E-state index in [1.807, 2.05) is 24.8 Å². The highest BCUT2D eigenvalue weighted by Crippen LogP contribution is 2.26. The van der Waals surface area contributed by atoms with E-state index in [0.29, 0.717) is 24.8 Å².